The van der Waals surface area contributed by atoms with Crippen LogP contribution in [0.3, 0.4) is 0 Å². The molecule has 104 valence electrons. The summed E-state index contributed by atoms with van der Waals surface area (Å²) < 4.78 is 5.19. The zero-order valence-electron chi connectivity index (χ0n) is 11.6. The molecule has 0 atom stereocenters. The summed E-state index contributed by atoms with van der Waals surface area (Å²) in [6, 6.07) is 5.65. The van der Waals surface area contributed by atoms with Gasteiger partial charge in [-0.3, -0.25) is 0 Å². The highest BCUT2D eigenvalue weighted by Gasteiger charge is 2.22. The highest BCUT2D eigenvalue weighted by molar-refractivity contribution is 5.94. The number of benzene rings is 1. The number of piperidine rings is 1. The fraction of sp³-hybridized carbons (Fsp3) is 0.533. The molecule has 2 rings (SSSR count). The first kappa shape index (κ1) is 13.9. The topological polar surface area (TPSA) is 49.8 Å². The van der Waals surface area contributed by atoms with Gasteiger partial charge in [0, 0.05) is 26.8 Å². The predicted molar refractivity (Wildman–Crippen MR) is 75.0 cm³/mol. The summed E-state index contributed by atoms with van der Waals surface area (Å²) in [5.41, 5.74) is 2.23. The number of carboxylic acids is 1. The highest BCUT2D eigenvalue weighted by atomic mass is 16.5. The number of hydrogen-bond donors (Lipinski definition) is 1. The molecular formula is C15H21NO3. The molecule has 0 radical (unpaired) electrons. The minimum Gasteiger partial charge on any atom is -0.478 e. The monoisotopic (exact) mass is 263 g/mol. The second-order valence-electron chi connectivity index (χ2n) is 5.21. The third kappa shape index (κ3) is 3.26. The van der Waals surface area contributed by atoms with Gasteiger partial charge in [0.2, 0.25) is 0 Å². The van der Waals surface area contributed by atoms with Gasteiger partial charge in [0.05, 0.1) is 11.3 Å². The molecule has 1 aliphatic rings. The average Bonchev–Trinajstić information content (AvgIpc) is 2.40. The highest BCUT2D eigenvalue weighted by Crippen LogP contribution is 2.27. The van der Waals surface area contributed by atoms with E-state index in [0.717, 1.165) is 43.8 Å². The van der Waals surface area contributed by atoms with Crippen LogP contribution in [0.2, 0.25) is 0 Å². The molecule has 0 aliphatic carbocycles. The van der Waals surface area contributed by atoms with Crippen LogP contribution in [0.1, 0.15) is 28.8 Å². The summed E-state index contributed by atoms with van der Waals surface area (Å²) in [5.74, 6) is -0.252. The van der Waals surface area contributed by atoms with Gasteiger partial charge >= 0.3 is 5.97 Å². The third-order valence-corrected chi connectivity index (χ3v) is 3.74. The quantitative estimate of drug-likeness (QED) is 0.907. The Hall–Kier alpha value is -1.55. The minimum absolute atomic E-state index is 0.408. The van der Waals surface area contributed by atoms with Gasteiger partial charge in [-0.15, -0.1) is 0 Å². The number of hydrogen-bond acceptors (Lipinski definition) is 3. The SMILES string of the molecule is COCC1CCN(c2ccc(C)cc2C(=O)O)CC1. The van der Waals surface area contributed by atoms with Crippen molar-refractivity contribution in [1.29, 1.82) is 0 Å². The Balaban J connectivity index is 2.13. The Morgan fingerprint density at radius 1 is 1.42 bits per heavy atom. The van der Waals surface area contributed by atoms with Gasteiger partial charge in [-0.2, -0.15) is 0 Å². The average molecular weight is 263 g/mol. The summed E-state index contributed by atoms with van der Waals surface area (Å²) in [6.45, 7) is 4.52. The van der Waals surface area contributed by atoms with Gasteiger partial charge in [-0.1, -0.05) is 11.6 Å². The lowest BCUT2D eigenvalue weighted by molar-refractivity contribution is 0.0697. The molecule has 1 saturated heterocycles. The van der Waals surface area contributed by atoms with E-state index in [1.54, 1.807) is 13.2 Å². The molecule has 1 fully saturated rings. The molecule has 1 aromatic rings. The molecule has 0 spiro atoms. The third-order valence-electron chi connectivity index (χ3n) is 3.74. The van der Waals surface area contributed by atoms with E-state index in [1.807, 2.05) is 19.1 Å². The van der Waals surface area contributed by atoms with Crippen LogP contribution in [0, 0.1) is 12.8 Å². The first-order valence-electron chi connectivity index (χ1n) is 6.69. The number of aromatic carboxylic acids is 1. The summed E-state index contributed by atoms with van der Waals surface area (Å²) in [4.78, 5) is 13.5. The fourth-order valence-electron chi connectivity index (χ4n) is 2.67. The van der Waals surface area contributed by atoms with Crippen molar-refractivity contribution in [3.8, 4) is 0 Å². The molecule has 4 nitrogen and oxygen atoms in total. The number of rotatable bonds is 4. The number of carbonyl (C=O) groups is 1. The molecule has 1 aliphatic heterocycles. The number of aryl methyl sites for hydroxylation is 1. The van der Waals surface area contributed by atoms with Gasteiger partial charge in [-0.05, 0) is 37.8 Å². The second kappa shape index (κ2) is 6.06. The van der Waals surface area contributed by atoms with Crippen molar-refractivity contribution in [1.82, 2.24) is 0 Å². The maximum absolute atomic E-state index is 11.3. The fourth-order valence-corrected chi connectivity index (χ4v) is 2.67. The Morgan fingerprint density at radius 2 is 2.11 bits per heavy atom. The molecule has 1 aromatic carbocycles. The predicted octanol–water partition coefficient (Wildman–Crippen LogP) is 2.56. The summed E-state index contributed by atoms with van der Waals surface area (Å²) in [5, 5.41) is 9.31. The minimum atomic E-state index is -0.849. The molecule has 1 N–H and O–H groups in total. The Labute approximate surface area is 114 Å². The van der Waals surface area contributed by atoms with Crippen molar-refractivity contribution in [3.63, 3.8) is 0 Å². The number of anilines is 1. The summed E-state index contributed by atoms with van der Waals surface area (Å²) >= 11 is 0. The van der Waals surface area contributed by atoms with Crippen LogP contribution < -0.4 is 4.90 Å². The van der Waals surface area contributed by atoms with Gasteiger partial charge in [0.15, 0.2) is 0 Å². The van der Waals surface area contributed by atoms with Crippen molar-refractivity contribution in [2.24, 2.45) is 5.92 Å². The lowest BCUT2D eigenvalue weighted by Crippen LogP contribution is -2.35. The molecule has 0 saturated carbocycles. The van der Waals surface area contributed by atoms with Gasteiger partial charge in [-0.25, -0.2) is 4.79 Å². The van der Waals surface area contributed by atoms with Crippen LogP contribution >= 0.6 is 0 Å². The van der Waals surface area contributed by atoms with E-state index in [4.69, 9.17) is 4.74 Å². The second-order valence-corrected chi connectivity index (χ2v) is 5.21. The molecule has 0 aromatic heterocycles. The lowest BCUT2D eigenvalue weighted by Gasteiger charge is -2.34. The van der Waals surface area contributed by atoms with E-state index in [-0.39, 0.29) is 0 Å². The summed E-state index contributed by atoms with van der Waals surface area (Å²) in [7, 11) is 1.73. The van der Waals surface area contributed by atoms with Gasteiger partial charge in [0.1, 0.15) is 0 Å². The van der Waals surface area contributed by atoms with E-state index in [1.165, 1.54) is 0 Å². The van der Waals surface area contributed by atoms with Crippen LogP contribution in [-0.2, 0) is 4.74 Å². The van der Waals surface area contributed by atoms with Gasteiger partial charge < -0.3 is 14.7 Å². The number of ether oxygens (including phenoxy) is 1. The molecule has 4 heteroatoms. The van der Waals surface area contributed by atoms with Crippen LogP contribution in [0.15, 0.2) is 18.2 Å². The van der Waals surface area contributed by atoms with Crippen LogP contribution in [0.5, 0.6) is 0 Å². The Kier molecular flexibility index (Phi) is 4.43. The lowest BCUT2D eigenvalue weighted by atomic mass is 9.96. The van der Waals surface area contributed by atoms with Crippen molar-refractivity contribution in [3.05, 3.63) is 29.3 Å². The molecule has 0 unspecified atom stereocenters. The molecule has 0 amide bonds. The van der Waals surface area contributed by atoms with Crippen molar-refractivity contribution in [2.75, 3.05) is 31.7 Å². The van der Waals surface area contributed by atoms with Crippen molar-refractivity contribution >= 4 is 11.7 Å². The zero-order valence-corrected chi connectivity index (χ0v) is 11.6. The van der Waals surface area contributed by atoms with Crippen LogP contribution in [0.25, 0.3) is 0 Å². The maximum Gasteiger partial charge on any atom is 0.337 e. The normalized spacial score (nSPS) is 16.6. The largest absolute Gasteiger partial charge is 0.478 e. The van der Waals surface area contributed by atoms with E-state index in [9.17, 15) is 9.90 Å². The zero-order chi connectivity index (χ0) is 13.8. The van der Waals surface area contributed by atoms with E-state index >= 15 is 0 Å². The standard InChI is InChI=1S/C15H21NO3/c1-11-3-4-14(13(9-11)15(17)18)16-7-5-12(6-8-16)10-19-2/h3-4,9,12H,5-8,10H2,1-2H3,(H,17,18). The van der Waals surface area contributed by atoms with E-state index in [0.29, 0.717) is 11.5 Å². The molecule has 0 bridgehead atoms. The maximum atomic E-state index is 11.3. The molecular weight excluding hydrogens is 242 g/mol. The first-order chi connectivity index (χ1) is 9.11. The first-order valence-corrected chi connectivity index (χ1v) is 6.69. The van der Waals surface area contributed by atoms with Crippen LogP contribution in [0.4, 0.5) is 5.69 Å². The molecule has 1 heterocycles. The van der Waals surface area contributed by atoms with Crippen molar-refractivity contribution in [2.45, 2.75) is 19.8 Å². The number of carboxylic acid groups (broad SMARTS) is 1. The smallest absolute Gasteiger partial charge is 0.337 e. The number of methoxy groups -OCH3 is 1. The Bertz CT molecular complexity index is 451. The van der Waals surface area contributed by atoms with Gasteiger partial charge in [0.25, 0.3) is 0 Å². The summed E-state index contributed by atoms with van der Waals surface area (Å²) in [6.07, 6.45) is 2.11. The molecule has 19 heavy (non-hydrogen) atoms. The number of nitrogens with zero attached hydrogens (tertiary/aromatic N) is 1. The van der Waals surface area contributed by atoms with E-state index < -0.39 is 5.97 Å². The van der Waals surface area contributed by atoms with Crippen molar-refractivity contribution < 1.29 is 14.6 Å². The Morgan fingerprint density at radius 3 is 2.68 bits per heavy atom. The van der Waals surface area contributed by atoms with E-state index in [2.05, 4.69) is 4.90 Å². The van der Waals surface area contributed by atoms with Crippen LogP contribution in [-0.4, -0.2) is 37.9 Å².